The second-order valence-corrected chi connectivity index (χ2v) is 8.36. The molecule has 0 amide bonds. The number of carboxylic acids is 1. The largest absolute Gasteiger partial charge is 0.481 e. The molecule has 4 rings (SSSR count). The molecule has 0 atom stereocenters. The van der Waals surface area contributed by atoms with Gasteiger partial charge in [-0.1, -0.05) is 45.8 Å². The number of halogens is 1. The molecule has 5 nitrogen and oxygen atoms in total. The van der Waals surface area contributed by atoms with E-state index in [2.05, 4.69) is 20.9 Å². The van der Waals surface area contributed by atoms with Crippen molar-refractivity contribution in [2.24, 2.45) is 0 Å². The van der Waals surface area contributed by atoms with E-state index in [0.29, 0.717) is 26.7 Å². The maximum Gasteiger partial charge on any atom is 0.346 e. The highest BCUT2D eigenvalue weighted by atomic mass is 79.9. The molecule has 140 valence electrons. The van der Waals surface area contributed by atoms with E-state index < -0.39 is 11.6 Å². The van der Waals surface area contributed by atoms with Crippen LogP contribution in [-0.2, 0) is 11.2 Å². The number of aryl methyl sites for hydroxylation is 1. The zero-order valence-corrected chi connectivity index (χ0v) is 17.1. The summed E-state index contributed by atoms with van der Waals surface area (Å²) in [7, 11) is 0. The van der Waals surface area contributed by atoms with Crippen molar-refractivity contribution in [3.63, 3.8) is 0 Å². The van der Waals surface area contributed by atoms with Crippen LogP contribution in [0.15, 0.2) is 62.2 Å². The molecule has 0 aliphatic heterocycles. The Balaban J connectivity index is 1.89. The van der Waals surface area contributed by atoms with Gasteiger partial charge < -0.3 is 9.52 Å². The normalized spacial score (nSPS) is 11.1. The van der Waals surface area contributed by atoms with Crippen LogP contribution in [0.25, 0.3) is 32.8 Å². The van der Waals surface area contributed by atoms with Gasteiger partial charge in [0.2, 0.25) is 0 Å². The third-order valence-corrected chi connectivity index (χ3v) is 5.84. The van der Waals surface area contributed by atoms with E-state index in [4.69, 9.17) is 4.42 Å². The van der Waals surface area contributed by atoms with Gasteiger partial charge in [0.05, 0.1) is 17.7 Å². The minimum Gasteiger partial charge on any atom is -0.481 e. The number of thiazole rings is 1. The Morgan fingerprint density at radius 3 is 2.64 bits per heavy atom. The van der Waals surface area contributed by atoms with Crippen LogP contribution >= 0.6 is 27.3 Å². The number of carboxylic acid groups (broad SMARTS) is 1. The lowest BCUT2D eigenvalue weighted by Gasteiger charge is -2.01. The third-order valence-electron chi connectivity index (χ3n) is 4.26. The number of benzene rings is 2. The topological polar surface area (TPSA) is 80.4 Å². The van der Waals surface area contributed by atoms with Gasteiger partial charge in [-0.3, -0.25) is 4.79 Å². The summed E-state index contributed by atoms with van der Waals surface area (Å²) in [6.45, 7) is 1.98. The molecule has 0 saturated heterocycles. The van der Waals surface area contributed by atoms with Gasteiger partial charge in [-0.05, 0) is 31.2 Å². The molecule has 2 aromatic heterocycles. The minimum atomic E-state index is -0.946. The Hall–Kier alpha value is -2.77. The summed E-state index contributed by atoms with van der Waals surface area (Å²) in [6.07, 6.45) is -0.161. The fourth-order valence-electron chi connectivity index (χ4n) is 2.90. The van der Waals surface area contributed by atoms with Gasteiger partial charge >= 0.3 is 11.6 Å². The van der Waals surface area contributed by atoms with Crippen LogP contribution < -0.4 is 5.63 Å². The van der Waals surface area contributed by atoms with E-state index in [1.807, 2.05) is 37.3 Å². The summed E-state index contributed by atoms with van der Waals surface area (Å²) in [5.74, 6) is -0.946. The summed E-state index contributed by atoms with van der Waals surface area (Å²) in [5.41, 5.74) is 2.80. The number of rotatable bonds is 4. The average Bonchev–Trinajstić information content (AvgIpc) is 3.05. The molecule has 0 aliphatic carbocycles. The number of aliphatic carboxylic acids is 1. The number of carbonyl (C=O) groups is 1. The highest BCUT2D eigenvalue weighted by molar-refractivity contribution is 9.10. The predicted octanol–water partition coefficient (Wildman–Crippen LogP) is 5.28. The molecule has 0 bridgehead atoms. The lowest BCUT2D eigenvalue weighted by molar-refractivity contribution is -0.136. The number of fused-ring (bicyclic) bond motifs is 1. The third kappa shape index (κ3) is 3.63. The van der Waals surface area contributed by atoms with Crippen LogP contribution in [0.5, 0.6) is 0 Å². The number of hydrogen-bond acceptors (Lipinski definition) is 5. The van der Waals surface area contributed by atoms with Crippen LogP contribution in [0.4, 0.5) is 0 Å². The Morgan fingerprint density at radius 1 is 1.18 bits per heavy atom. The van der Waals surface area contributed by atoms with Crippen molar-refractivity contribution in [2.75, 3.05) is 0 Å². The Labute approximate surface area is 172 Å². The second kappa shape index (κ2) is 7.33. The summed E-state index contributed by atoms with van der Waals surface area (Å²) < 4.78 is 6.29. The summed E-state index contributed by atoms with van der Waals surface area (Å²) >= 11 is 4.62. The Bertz CT molecular complexity index is 1260. The highest BCUT2D eigenvalue weighted by Crippen LogP contribution is 2.34. The van der Waals surface area contributed by atoms with E-state index in [-0.39, 0.29) is 6.42 Å². The molecule has 0 aliphatic rings. The van der Waals surface area contributed by atoms with Gasteiger partial charge in [-0.2, -0.15) is 0 Å². The molecular weight excluding hydrogens is 442 g/mol. The van der Waals surface area contributed by atoms with E-state index in [9.17, 15) is 14.7 Å². The molecule has 0 radical (unpaired) electrons. The average molecular weight is 456 g/mol. The van der Waals surface area contributed by atoms with Gasteiger partial charge in [0, 0.05) is 20.3 Å². The van der Waals surface area contributed by atoms with E-state index in [0.717, 1.165) is 21.0 Å². The van der Waals surface area contributed by atoms with Crippen LogP contribution in [-0.4, -0.2) is 16.1 Å². The molecule has 0 unspecified atom stereocenters. The number of hydrogen-bond donors (Lipinski definition) is 1. The smallest absolute Gasteiger partial charge is 0.346 e. The van der Waals surface area contributed by atoms with E-state index in [1.165, 1.54) is 11.3 Å². The molecule has 1 N–H and O–H groups in total. The van der Waals surface area contributed by atoms with Gasteiger partial charge in [-0.25, -0.2) is 9.78 Å². The van der Waals surface area contributed by atoms with Crippen molar-refractivity contribution >= 4 is 44.2 Å². The monoisotopic (exact) mass is 455 g/mol. The standard InChI is InChI=1S/C21H14BrNO4S/c1-11-2-4-12(5-3-11)19-17(10-18(24)25)28-20(23-19)15-9-13-8-14(22)6-7-16(13)27-21(15)26/h2-9H,10H2,1H3,(H,24,25). The molecule has 28 heavy (non-hydrogen) atoms. The lowest BCUT2D eigenvalue weighted by Crippen LogP contribution is -2.02. The van der Waals surface area contributed by atoms with Gasteiger partial charge in [-0.15, -0.1) is 11.3 Å². The van der Waals surface area contributed by atoms with Gasteiger partial charge in [0.1, 0.15) is 10.6 Å². The molecular formula is C21H14BrNO4S. The van der Waals surface area contributed by atoms with Crippen molar-refractivity contribution in [1.29, 1.82) is 0 Å². The summed E-state index contributed by atoms with van der Waals surface area (Å²) in [6, 6.07) is 14.8. The maximum absolute atomic E-state index is 12.5. The van der Waals surface area contributed by atoms with Crippen molar-refractivity contribution in [3.8, 4) is 21.8 Å². The minimum absolute atomic E-state index is 0.161. The van der Waals surface area contributed by atoms with Crippen molar-refractivity contribution < 1.29 is 14.3 Å². The lowest BCUT2D eigenvalue weighted by atomic mass is 10.1. The summed E-state index contributed by atoms with van der Waals surface area (Å²) in [4.78, 5) is 29.0. The molecule has 7 heteroatoms. The zero-order valence-electron chi connectivity index (χ0n) is 14.7. The highest BCUT2D eigenvalue weighted by Gasteiger charge is 2.19. The van der Waals surface area contributed by atoms with E-state index in [1.54, 1.807) is 18.2 Å². The molecule has 0 spiro atoms. The zero-order chi connectivity index (χ0) is 19.8. The van der Waals surface area contributed by atoms with Gasteiger partial charge in [0.15, 0.2) is 0 Å². The van der Waals surface area contributed by atoms with Crippen molar-refractivity contribution in [1.82, 2.24) is 4.98 Å². The van der Waals surface area contributed by atoms with Crippen LogP contribution in [0.2, 0.25) is 0 Å². The summed E-state index contributed by atoms with van der Waals surface area (Å²) in [5, 5.41) is 10.5. The quantitative estimate of drug-likeness (QED) is 0.423. The Kier molecular flexibility index (Phi) is 4.87. The fourth-order valence-corrected chi connectivity index (χ4v) is 4.36. The molecule has 0 fully saturated rings. The predicted molar refractivity (Wildman–Crippen MR) is 113 cm³/mol. The van der Waals surface area contributed by atoms with Crippen molar-refractivity contribution in [3.05, 3.63) is 73.9 Å². The molecule has 0 saturated carbocycles. The first-order valence-corrected chi connectivity index (χ1v) is 10.0. The SMILES string of the molecule is Cc1ccc(-c2nc(-c3cc4cc(Br)ccc4oc3=O)sc2CC(=O)O)cc1. The second-order valence-electron chi connectivity index (χ2n) is 6.36. The first-order chi connectivity index (χ1) is 13.4. The van der Waals surface area contributed by atoms with Crippen LogP contribution in [0.1, 0.15) is 10.4 Å². The molecule has 4 aromatic rings. The Morgan fingerprint density at radius 2 is 1.93 bits per heavy atom. The van der Waals surface area contributed by atoms with Gasteiger partial charge in [0.25, 0.3) is 0 Å². The van der Waals surface area contributed by atoms with Crippen LogP contribution in [0.3, 0.4) is 0 Å². The molecule has 2 aromatic carbocycles. The fraction of sp³-hybridized carbons (Fsp3) is 0.0952. The number of nitrogens with zero attached hydrogens (tertiary/aromatic N) is 1. The first-order valence-electron chi connectivity index (χ1n) is 8.43. The molecule has 2 heterocycles. The first kappa shape index (κ1) is 18.6. The van der Waals surface area contributed by atoms with Crippen molar-refractivity contribution in [2.45, 2.75) is 13.3 Å². The van der Waals surface area contributed by atoms with E-state index >= 15 is 0 Å². The van der Waals surface area contributed by atoms with Crippen LogP contribution in [0, 0.1) is 6.92 Å². The maximum atomic E-state index is 12.5. The number of aromatic nitrogens is 1.